The van der Waals surface area contributed by atoms with Crippen molar-refractivity contribution in [2.24, 2.45) is 0 Å². The van der Waals surface area contributed by atoms with Gasteiger partial charge in [-0.1, -0.05) is 11.3 Å². The van der Waals surface area contributed by atoms with Crippen LogP contribution < -0.4 is 20.7 Å². The average Bonchev–Trinajstić information content (AvgIpc) is 3.96. The van der Waals surface area contributed by atoms with E-state index in [1.807, 2.05) is 12.1 Å². The molecule has 21 nitrogen and oxygen atoms in total. The molecule has 5 atom stereocenters. The van der Waals surface area contributed by atoms with Gasteiger partial charge in [0, 0.05) is 24.4 Å². The second-order valence-electron chi connectivity index (χ2n) is 14.8. The number of hydrogen-bond acceptors (Lipinski definition) is 17. The van der Waals surface area contributed by atoms with Crippen LogP contribution in [-0.2, 0) is 42.7 Å². The molecule has 0 aliphatic carbocycles. The lowest BCUT2D eigenvalue weighted by atomic mass is 9.88. The molecule has 2 aromatic carbocycles. The minimum Gasteiger partial charge on any atom is -0.505 e. The summed E-state index contributed by atoms with van der Waals surface area (Å²) in [4.78, 5) is 40.1. The number of fused-ring (bicyclic) bond motifs is 3. The van der Waals surface area contributed by atoms with Gasteiger partial charge in [-0.15, -0.1) is 5.10 Å². The van der Waals surface area contributed by atoms with Crippen molar-refractivity contribution in [1.29, 1.82) is 0 Å². The normalized spacial score (nSPS) is 20.3. The Bertz CT molecular complexity index is 2240. The molecule has 4 aromatic rings. The number of phenolic OH excluding ortho intramolecular Hbond substituents is 1. The number of nitrogens with zero attached hydrogens (tertiary/aromatic N) is 4. The first-order chi connectivity index (χ1) is 31.7. The monoisotopic (exact) mass is 939 g/mol. The van der Waals surface area contributed by atoms with Gasteiger partial charge in [0.25, 0.3) is 0 Å². The van der Waals surface area contributed by atoms with Crippen LogP contribution in [0.4, 0.5) is 22.4 Å². The summed E-state index contributed by atoms with van der Waals surface area (Å²) in [5, 5.41) is 46.1. The van der Waals surface area contributed by atoms with Gasteiger partial charge in [0.05, 0.1) is 95.7 Å². The van der Waals surface area contributed by atoms with Gasteiger partial charge >= 0.3 is 18.2 Å². The van der Waals surface area contributed by atoms with Crippen molar-refractivity contribution in [2.45, 2.75) is 49.2 Å². The van der Waals surface area contributed by atoms with Crippen LogP contribution in [0, 0.1) is 5.82 Å². The molecule has 0 saturated carbocycles. The quantitative estimate of drug-likeness (QED) is 0.0404. The molecule has 3 amide bonds. The number of aliphatic hydroxyl groups is 2. The first-order valence-electron chi connectivity index (χ1n) is 20.7. The minimum atomic E-state index is -5.19. The van der Waals surface area contributed by atoms with E-state index in [1.54, 1.807) is 29.7 Å². The molecule has 2 aliphatic heterocycles. The van der Waals surface area contributed by atoms with Gasteiger partial charge in [0.1, 0.15) is 41.9 Å². The lowest BCUT2D eigenvalue weighted by Crippen LogP contribution is -2.67. The number of halogens is 4. The van der Waals surface area contributed by atoms with Crippen LogP contribution in [0.15, 0.2) is 54.7 Å². The number of ether oxygens (including phenoxy) is 8. The summed E-state index contributed by atoms with van der Waals surface area (Å²) < 4.78 is 96.4. The lowest BCUT2D eigenvalue weighted by molar-refractivity contribution is -0.240. The first-order valence-corrected chi connectivity index (χ1v) is 20.7. The fourth-order valence-corrected chi connectivity index (χ4v) is 6.58. The number of amides is 3. The number of nitrogens with one attached hydrogen (secondary N) is 3. The van der Waals surface area contributed by atoms with Crippen LogP contribution in [0.2, 0.25) is 0 Å². The number of aromatic hydroxyl groups is 1. The summed E-state index contributed by atoms with van der Waals surface area (Å²) in [6.45, 7) is 1.42. The molecule has 2 bridgehead atoms. The van der Waals surface area contributed by atoms with E-state index >= 15 is 0 Å². The van der Waals surface area contributed by atoms with Crippen LogP contribution in [0.25, 0.3) is 28.0 Å². The molecule has 0 spiro atoms. The van der Waals surface area contributed by atoms with E-state index in [4.69, 9.17) is 37.9 Å². The van der Waals surface area contributed by atoms with E-state index in [2.05, 4.69) is 25.9 Å². The number of hydrogen-bond donors (Lipinski definition) is 6. The molecule has 0 unspecified atom stereocenters. The third-order valence-electron chi connectivity index (χ3n) is 9.99. The van der Waals surface area contributed by atoms with E-state index in [9.17, 15) is 47.3 Å². The molecule has 2 aromatic heterocycles. The Balaban J connectivity index is 0.714. The zero-order valence-corrected chi connectivity index (χ0v) is 35.2. The van der Waals surface area contributed by atoms with Crippen LogP contribution in [-0.4, -0.2) is 175 Å². The number of pyridine rings is 1. The summed E-state index contributed by atoms with van der Waals surface area (Å²) >= 11 is 0. The number of carbonyl (C=O) groups excluding carboxylic acids is 3. The number of alkyl carbamates (subject to hydrolysis) is 1. The molecule has 0 radical (unpaired) electrons. The molecule has 66 heavy (non-hydrogen) atoms. The number of carbonyl (C=O) groups is 3. The van der Waals surface area contributed by atoms with Gasteiger partial charge in [-0.2, -0.15) is 13.2 Å². The Kier molecular flexibility index (Phi) is 17.7. The SMILES string of the molecule is O=C(CCCOc1ccc2nc(-c3cn(-c4ccc(O)c(F)c4)nn3)ccc2c1)NCCOC(=O)NCCOCCOCCOCCOC[C@@]12CO[C@@H](O1)[C@H](NC(=O)C(F)(F)F)[C@@H](O)[C@H]2O. The molecule has 2 aliphatic rings. The predicted octanol–water partition coefficient (Wildman–Crippen LogP) is 1.29. The summed E-state index contributed by atoms with van der Waals surface area (Å²) in [5.41, 5.74) is 0.585. The van der Waals surface area contributed by atoms with Gasteiger partial charge in [0.15, 0.2) is 17.9 Å². The van der Waals surface area contributed by atoms with Crippen LogP contribution >= 0.6 is 0 Å². The Hall–Kier alpha value is -5.80. The zero-order chi connectivity index (χ0) is 47.1. The highest BCUT2D eigenvalue weighted by atomic mass is 19.4. The Morgan fingerprint density at radius 3 is 2.33 bits per heavy atom. The average molecular weight is 940 g/mol. The molecule has 6 N–H and O–H groups in total. The third kappa shape index (κ3) is 13.9. The molecule has 2 saturated heterocycles. The highest BCUT2D eigenvalue weighted by molar-refractivity contribution is 5.83. The van der Waals surface area contributed by atoms with Crippen molar-refractivity contribution in [3.05, 3.63) is 60.5 Å². The number of benzene rings is 2. The summed E-state index contributed by atoms with van der Waals surface area (Å²) in [7, 11) is 0. The molecule has 2 fully saturated rings. The second-order valence-corrected chi connectivity index (χ2v) is 14.8. The Labute approximate surface area is 373 Å². The van der Waals surface area contributed by atoms with Crippen LogP contribution in [0.1, 0.15) is 12.8 Å². The van der Waals surface area contributed by atoms with Crippen LogP contribution in [0.5, 0.6) is 11.5 Å². The molecular formula is C41H49F4N7O14. The first kappa shape index (κ1) is 49.6. The number of rotatable bonds is 25. The van der Waals surface area contributed by atoms with Gasteiger partial charge in [-0.3, -0.25) is 9.59 Å². The lowest BCUT2D eigenvalue weighted by Gasteiger charge is -2.42. The summed E-state index contributed by atoms with van der Waals surface area (Å²) in [6.07, 6.45) is -8.50. The maximum atomic E-state index is 13.8. The maximum absolute atomic E-state index is 13.8. The highest BCUT2D eigenvalue weighted by Crippen LogP contribution is 2.37. The molecule has 4 heterocycles. The fraction of sp³-hybridized carbons (Fsp3) is 0.512. The summed E-state index contributed by atoms with van der Waals surface area (Å²) in [5.74, 6) is -3.15. The maximum Gasteiger partial charge on any atom is 0.471 e. The van der Waals surface area contributed by atoms with Crippen molar-refractivity contribution in [3.63, 3.8) is 0 Å². The smallest absolute Gasteiger partial charge is 0.471 e. The topological polar surface area (TPSA) is 265 Å². The number of alkyl halides is 3. The number of aromatic nitrogens is 4. The largest absolute Gasteiger partial charge is 0.505 e. The predicted molar refractivity (Wildman–Crippen MR) is 218 cm³/mol. The fourth-order valence-electron chi connectivity index (χ4n) is 6.58. The number of aliphatic hydroxyl groups excluding tert-OH is 2. The van der Waals surface area contributed by atoms with E-state index in [-0.39, 0.29) is 91.5 Å². The second kappa shape index (κ2) is 23.6. The van der Waals surface area contributed by atoms with Crippen molar-refractivity contribution < 1.29 is 85.2 Å². The van der Waals surface area contributed by atoms with Crippen molar-refractivity contribution in [1.82, 2.24) is 35.9 Å². The van der Waals surface area contributed by atoms with Crippen molar-refractivity contribution in [3.8, 4) is 28.6 Å². The molecule has 360 valence electrons. The van der Waals surface area contributed by atoms with E-state index in [0.717, 1.165) is 11.5 Å². The van der Waals surface area contributed by atoms with Gasteiger partial charge < -0.3 is 69.2 Å². The highest BCUT2D eigenvalue weighted by Gasteiger charge is 2.60. The molecule has 6 rings (SSSR count). The standard InChI is InChI=1S/C41H49F4N7O14/c42-28-21-26(4-8-32(28)53)52-22-31(50-51-52)30-6-3-25-20-27(5-7-29(25)48-30)63-11-1-2-33(54)46-10-13-64-39(58)47-9-12-59-14-15-60-16-17-61-18-19-62-23-40-24-65-37(66-40)34(35(55)36(40)56)49-38(57)41(43,44)45/h3-8,20-22,34-37,53,55-56H,1-2,9-19,23-24H2,(H,46,54)(H,47,58)(H,49,57)/t34-,35-,36-,37+,40+/m1/s1. The van der Waals surface area contributed by atoms with Crippen molar-refractivity contribution >= 4 is 28.8 Å². The Morgan fingerprint density at radius 2 is 1.59 bits per heavy atom. The number of phenols is 1. The summed E-state index contributed by atoms with van der Waals surface area (Å²) in [6, 6.07) is 11.3. The molecular weight excluding hydrogens is 890 g/mol. The molecule has 25 heteroatoms. The third-order valence-corrected chi connectivity index (χ3v) is 9.99. The van der Waals surface area contributed by atoms with Crippen molar-refractivity contribution in [2.75, 3.05) is 85.8 Å². The zero-order valence-electron chi connectivity index (χ0n) is 35.2. The Morgan fingerprint density at radius 1 is 0.864 bits per heavy atom. The van der Waals surface area contributed by atoms with Crippen LogP contribution in [0.3, 0.4) is 0 Å². The minimum absolute atomic E-state index is 0.0300. The van der Waals surface area contributed by atoms with Gasteiger partial charge in [-0.25, -0.2) is 18.9 Å². The van der Waals surface area contributed by atoms with E-state index < -0.39 is 59.9 Å². The van der Waals surface area contributed by atoms with Gasteiger partial charge in [-0.05, 0) is 42.8 Å². The van der Waals surface area contributed by atoms with E-state index in [1.165, 1.54) is 16.8 Å². The van der Waals surface area contributed by atoms with E-state index in [0.29, 0.717) is 41.4 Å². The van der Waals surface area contributed by atoms with Gasteiger partial charge in [0.2, 0.25) is 5.91 Å².